The molecule has 156 valence electrons. The van der Waals surface area contributed by atoms with Gasteiger partial charge in [0, 0.05) is 38.6 Å². The Kier molecular flexibility index (Phi) is 8.91. The van der Waals surface area contributed by atoms with Gasteiger partial charge in [-0.15, -0.1) is 24.0 Å². The molecule has 0 bridgehead atoms. The quantitative estimate of drug-likeness (QED) is 0.367. The van der Waals surface area contributed by atoms with E-state index in [1.807, 2.05) is 4.90 Å². The molecule has 1 saturated carbocycles. The number of guanidine groups is 1. The fourth-order valence-electron chi connectivity index (χ4n) is 3.95. The van der Waals surface area contributed by atoms with Gasteiger partial charge in [0.2, 0.25) is 5.91 Å². The summed E-state index contributed by atoms with van der Waals surface area (Å²) in [6.07, 6.45) is 5.61. The van der Waals surface area contributed by atoms with E-state index in [9.17, 15) is 13.6 Å². The van der Waals surface area contributed by atoms with Crippen LogP contribution in [0.3, 0.4) is 0 Å². The fraction of sp³-hybridized carbons (Fsp3) is 0.600. The van der Waals surface area contributed by atoms with Gasteiger partial charge < -0.3 is 15.5 Å². The minimum atomic E-state index is -0.438. The molecule has 28 heavy (non-hydrogen) atoms. The number of aliphatic imine (C=N–C) groups is 1. The van der Waals surface area contributed by atoms with E-state index >= 15 is 0 Å². The maximum Gasteiger partial charge on any atom is 0.225 e. The number of nitrogens with one attached hydrogen (secondary N) is 2. The van der Waals surface area contributed by atoms with Gasteiger partial charge in [0.25, 0.3) is 0 Å². The van der Waals surface area contributed by atoms with Crippen molar-refractivity contribution in [1.29, 1.82) is 0 Å². The second kappa shape index (κ2) is 10.9. The normalized spacial score (nSPS) is 20.2. The molecule has 1 heterocycles. The van der Waals surface area contributed by atoms with Gasteiger partial charge in [0.1, 0.15) is 11.6 Å². The molecule has 1 unspecified atom stereocenters. The number of carbonyl (C=O) groups excluding carboxylic acids is 1. The van der Waals surface area contributed by atoms with Gasteiger partial charge in [-0.2, -0.15) is 0 Å². The standard InChI is InChI=1S/C20H28F2N4O.HI/c1-23-20(24-10-8-15-12-16(21)6-7-18(15)22)25-17-9-11-26(13-17)19(27)14-4-2-3-5-14;/h6-7,12,14,17H,2-5,8-11,13H2,1H3,(H2,23,24,25);1H. The Morgan fingerprint density at radius 3 is 2.71 bits per heavy atom. The Labute approximate surface area is 182 Å². The van der Waals surface area contributed by atoms with Crippen LogP contribution in [0.1, 0.15) is 37.7 Å². The SMILES string of the molecule is CN=C(NCCc1cc(F)ccc1F)NC1CCN(C(=O)C2CCCC2)C1.I. The summed E-state index contributed by atoms with van der Waals surface area (Å²) >= 11 is 0. The molecule has 0 radical (unpaired) electrons. The van der Waals surface area contributed by atoms with E-state index in [1.165, 1.54) is 6.07 Å². The highest BCUT2D eigenvalue weighted by atomic mass is 127. The average molecular weight is 506 g/mol. The lowest BCUT2D eigenvalue weighted by Gasteiger charge is -2.21. The molecule has 8 heteroatoms. The van der Waals surface area contributed by atoms with Crippen molar-refractivity contribution in [3.8, 4) is 0 Å². The van der Waals surface area contributed by atoms with Crippen molar-refractivity contribution < 1.29 is 13.6 Å². The average Bonchev–Trinajstić information content (AvgIpc) is 3.35. The summed E-state index contributed by atoms with van der Waals surface area (Å²) < 4.78 is 26.9. The molecule has 0 aromatic heterocycles. The second-order valence-corrected chi connectivity index (χ2v) is 7.38. The van der Waals surface area contributed by atoms with Gasteiger partial charge in [0.15, 0.2) is 5.96 Å². The summed E-state index contributed by atoms with van der Waals surface area (Å²) in [7, 11) is 1.68. The Hall–Kier alpha value is -1.45. The summed E-state index contributed by atoms with van der Waals surface area (Å²) in [5, 5.41) is 6.47. The lowest BCUT2D eigenvalue weighted by molar-refractivity contribution is -0.134. The molecular weight excluding hydrogens is 477 g/mol. The van der Waals surface area contributed by atoms with Crippen molar-refractivity contribution in [3.05, 3.63) is 35.4 Å². The van der Waals surface area contributed by atoms with Crippen molar-refractivity contribution in [2.45, 2.75) is 44.6 Å². The van der Waals surface area contributed by atoms with E-state index in [2.05, 4.69) is 15.6 Å². The topological polar surface area (TPSA) is 56.7 Å². The van der Waals surface area contributed by atoms with E-state index in [0.717, 1.165) is 50.8 Å². The molecule has 1 aliphatic heterocycles. The molecule has 1 aromatic carbocycles. The number of hydrogen-bond donors (Lipinski definition) is 2. The van der Waals surface area contributed by atoms with Crippen molar-refractivity contribution in [1.82, 2.24) is 15.5 Å². The van der Waals surface area contributed by atoms with Crippen LogP contribution in [0.4, 0.5) is 8.78 Å². The number of benzene rings is 1. The third-order valence-corrected chi connectivity index (χ3v) is 5.46. The monoisotopic (exact) mass is 506 g/mol. The van der Waals surface area contributed by atoms with Crippen LogP contribution in [-0.2, 0) is 11.2 Å². The van der Waals surface area contributed by atoms with Crippen molar-refractivity contribution >= 4 is 35.8 Å². The predicted molar refractivity (Wildman–Crippen MR) is 117 cm³/mol. The third-order valence-electron chi connectivity index (χ3n) is 5.46. The summed E-state index contributed by atoms with van der Waals surface area (Å²) in [6, 6.07) is 3.64. The highest BCUT2D eigenvalue weighted by Gasteiger charge is 2.32. The first-order valence-electron chi connectivity index (χ1n) is 9.76. The largest absolute Gasteiger partial charge is 0.356 e. The molecule has 2 fully saturated rings. The summed E-state index contributed by atoms with van der Waals surface area (Å²) in [4.78, 5) is 18.7. The van der Waals surface area contributed by atoms with E-state index < -0.39 is 11.6 Å². The summed E-state index contributed by atoms with van der Waals surface area (Å²) in [5.74, 6) is 0.278. The Bertz CT molecular complexity index is 695. The van der Waals surface area contributed by atoms with Crippen LogP contribution in [0.5, 0.6) is 0 Å². The van der Waals surface area contributed by atoms with Gasteiger partial charge >= 0.3 is 0 Å². The van der Waals surface area contributed by atoms with Crippen molar-refractivity contribution in [2.24, 2.45) is 10.9 Å². The molecule has 2 N–H and O–H groups in total. The number of likely N-dealkylation sites (tertiary alicyclic amines) is 1. The lowest BCUT2D eigenvalue weighted by Crippen LogP contribution is -2.45. The maximum absolute atomic E-state index is 13.7. The molecule has 1 amide bonds. The van der Waals surface area contributed by atoms with Crippen LogP contribution in [0.25, 0.3) is 0 Å². The first-order valence-corrected chi connectivity index (χ1v) is 9.76. The number of hydrogen-bond acceptors (Lipinski definition) is 2. The van der Waals surface area contributed by atoms with Crippen LogP contribution in [0.2, 0.25) is 0 Å². The number of carbonyl (C=O) groups is 1. The molecule has 2 aliphatic rings. The lowest BCUT2D eigenvalue weighted by atomic mass is 10.1. The maximum atomic E-state index is 13.7. The Morgan fingerprint density at radius 2 is 2.00 bits per heavy atom. The number of nitrogens with zero attached hydrogens (tertiary/aromatic N) is 2. The highest BCUT2D eigenvalue weighted by Crippen LogP contribution is 2.27. The van der Waals surface area contributed by atoms with E-state index in [1.54, 1.807) is 7.05 Å². The van der Waals surface area contributed by atoms with E-state index in [0.29, 0.717) is 36.9 Å². The van der Waals surface area contributed by atoms with Gasteiger partial charge in [-0.25, -0.2) is 8.78 Å². The molecule has 1 aromatic rings. The molecule has 0 spiro atoms. The van der Waals surface area contributed by atoms with Crippen LogP contribution in [0.15, 0.2) is 23.2 Å². The van der Waals surface area contributed by atoms with Gasteiger partial charge in [-0.3, -0.25) is 9.79 Å². The molecule has 5 nitrogen and oxygen atoms in total. The summed E-state index contributed by atoms with van der Waals surface area (Å²) in [5.41, 5.74) is 0.340. The smallest absolute Gasteiger partial charge is 0.225 e. The van der Waals surface area contributed by atoms with Crippen LogP contribution in [0, 0.1) is 17.6 Å². The number of amides is 1. The van der Waals surface area contributed by atoms with E-state index in [4.69, 9.17) is 0 Å². The zero-order valence-corrected chi connectivity index (χ0v) is 18.5. The third kappa shape index (κ3) is 6.02. The number of halogens is 3. The Balaban J connectivity index is 0.00000280. The second-order valence-electron chi connectivity index (χ2n) is 7.38. The van der Waals surface area contributed by atoms with Crippen LogP contribution >= 0.6 is 24.0 Å². The molecular formula is C20H29F2IN4O. The fourth-order valence-corrected chi connectivity index (χ4v) is 3.95. The minimum Gasteiger partial charge on any atom is -0.356 e. The molecule has 1 atom stereocenters. The van der Waals surface area contributed by atoms with Gasteiger partial charge in [0.05, 0.1) is 0 Å². The predicted octanol–water partition coefficient (Wildman–Crippen LogP) is 3.08. The zero-order valence-electron chi connectivity index (χ0n) is 16.2. The van der Waals surface area contributed by atoms with Crippen molar-refractivity contribution in [2.75, 3.05) is 26.7 Å². The first-order chi connectivity index (χ1) is 13.1. The van der Waals surface area contributed by atoms with Crippen LogP contribution in [-0.4, -0.2) is 49.5 Å². The molecule has 1 saturated heterocycles. The van der Waals surface area contributed by atoms with Gasteiger partial charge in [-0.05, 0) is 49.4 Å². The van der Waals surface area contributed by atoms with E-state index in [-0.39, 0.29) is 35.9 Å². The molecule has 3 rings (SSSR count). The zero-order chi connectivity index (χ0) is 19.2. The van der Waals surface area contributed by atoms with Crippen molar-refractivity contribution in [3.63, 3.8) is 0 Å². The first kappa shape index (κ1) is 22.8. The number of rotatable bonds is 5. The van der Waals surface area contributed by atoms with Gasteiger partial charge in [-0.1, -0.05) is 12.8 Å². The highest BCUT2D eigenvalue weighted by molar-refractivity contribution is 14.0. The summed E-state index contributed by atoms with van der Waals surface area (Å²) in [6.45, 7) is 1.91. The molecule has 1 aliphatic carbocycles. The Morgan fingerprint density at radius 1 is 1.25 bits per heavy atom. The minimum absolute atomic E-state index is 0. The van der Waals surface area contributed by atoms with Crippen LogP contribution < -0.4 is 10.6 Å².